The molecule has 0 saturated carbocycles. The Labute approximate surface area is 152 Å². The molecule has 0 atom stereocenters. The second kappa shape index (κ2) is 6.48. The summed E-state index contributed by atoms with van der Waals surface area (Å²) in [6, 6.07) is 18.3. The van der Waals surface area contributed by atoms with Crippen LogP contribution in [0, 0.1) is 6.92 Å². The first-order valence-corrected chi connectivity index (χ1v) is 8.43. The highest BCUT2D eigenvalue weighted by atomic mass is 15.3. The van der Waals surface area contributed by atoms with Crippen molar-refractivity contribution >= 4 is 33.9 Å². The molecular weight excluding hydrogens is 324 g/mol. The maximum atomic E-state index is 4.58. The van der Waals surface area contributed by atoms with E-state index in [1.807, 2.05) is 56.3 Å². The molecule has 0 spiro atoms. The maximum absolute atomic E-state index is 4.58. The van der Waals surface area contributed by atoms with Gasteiger partial charge in [-0.25, -0.2) is 9.97 Å². The number of H-pyrrole nitrogens is 1. The lowest BCUT2D eigenvalue weighted by molar-refractivity contribution is 1.02. The molecule has 1 N–H and O–H groups in total. The van der Waals surface area contributed by atoms with Crippen molar-refractivity contribution in [2.24, 2.45) is 0 Å². The summed E-state index contributed by atoms with van der Waals surface area (Å²) in [7, 11) is 4.06. The van der Waals surface area contributed by atoms with Gasteiger partial charge in [0.1, 0.15) is 12.1 Å². The number of hydrogen-bond donors (Lipinski definition) is 1. The molecule has 0 aliphatic rings. The molecule has 26 heavy (non-hydrogen) atoms. The molecule has 0 fully saturated rings. The van der Waals surface area contributed by atoms with Crippen molar-refractivity contribution in [3.63, 3.8) is 0 Å². The summed E-state index contributed by atoms with van der Waals surface area (Å²) < 4.78 is 0. The number of benzene rings is 2. The van der Waals surface area contributed by atoms with Gasteiger partial charge in [0.15, 0.2) is 5.82 Å². The van der Waals surface area contributed by atoms with Crippen molar-refractivity contribution in [2.75, 3.05) is 23.9 Å². The minimum Gasteiger partial charge on any atom is -0.378 e. The molecule has 0 amide bonds. The van der Waals surface area contributed by atoms with Gasteiger partial charge in [-0.2, -0.15) is 5.10 Å². The summed E-state index contributed by atoms with van der Waals surface area (Å²) in [4.78, 5) is 13.1. The number of aromatic nitrogens is 4. The quantitative estimate of drug-likeness (QED) is 0.601. The third-order valence-corrected chi connectivity index (χ3v) is 4.28. The number of hydrogen-bond acceptors (Lipinski definition) is 5. The lowest BCUT2D eigenvalue weighted by atomic mass is 10.2. The van der Waals surface area contributed by atoms with Gasteiger partial charge in [-0.1, -0.05) is 12.1 Å². The number of aromatic amines is 1. The predicted octanol–water partition coefficient (Wildman–Crippen LogP) is 4.20. The number of nitrogens with one attached hydrogen (secondary N) is 1. The second-order valence-corrected chi connectivity index (χ2v) is 6.37. The van der Waals surface area contributed by atoms with E-state index in [9.17, 15) is 0 Å². The van der Waals surface area contributed by atoms with Gasteiger partial charge in [-0.15, -0.1) is 0 Å². The van der Waals surface area contributed by atoms with Gasteiger partial charge in [0.2, 0.25) is 0 Å². The van der Waals surface area contributed by atoms with Gasteiger partial charge in [0.25, 0.3) is 0 Å². The van der Waals surface area contributed by atoms with Crippen LogP contribution in [-0.2, 0) is 0 Å². The van der Waals surface area contributed by atoms with Gasteiger partial charge in [0, 0.05) is 42.6 Å². The Morgan fingerprint density at radius 1 is 0.885 bits per heavy atom. The molecule has 0 unspecified atom stereocenters. The van der Waals surface area contributed by atoms with Crippen molar-refractivity contribution in [1.82, 2.24) is 20.2 Å². The van der Waals surface area contributed by atoms with Crippen LogP contribution in [0.3, 0.4) is 0 Å². The molecule has 0 radical (unpaired) electrons. The van der Waals surface area contributed by atoms with Gasteiger partial charge >= 0.3 is 0 Å². The fourth-order valence-electron chi connectivity index (χ4n) is 2.95. The number of nitrogens with zero attached hydrogens (tertiary/aromatic N) is 5. The van der Waals surface area contributed by atoms with E-state index in [0.29, 0.717) is 0 Å². The van der Waals surface area contributed by atoms with Crippen LogP contribution in [0.4, 0.5) is 23.0 Å². The molecule has 4 rings (SSSR count). The molecule has 2 aromatic carbocycles. The Morgan fingerprint density at radius 3 is 2.31 bits per heavy atom. The Hall–Kier alpha value is -3.41. The summed E-state index contributed by atoms with van der Waals surface area (Å²) in [5.74, 6) is 1.60. The molecule has 4 aromatic rings. The largest absolute Gasteiger partial charge is 0.378 e. The highest BCUT2D eigenvalue weighted by Gasteiger charge is 2.19. The van der Waals surface area contributed by atoms with E-state index in [0.717, 1.165) is 39.6 Å². The summed E-state index contributed by atoms with van der Waals surface area (Å²) >= 11 is 0. The Bertz CT molecular complexity index is 1030. The Morgan fingerprint density at radius 2 is 1.62 bits per heavy atom. The van der Waals surface area contributed by atoms with Crippen LogP contribution in [0.1, 0.15) is 5.69 Å². The number of fused-ring (bicyclic) bond motifs is 1. The first kappa shape index (κ1) is 16.1. The summed E-state index contributed by atoms with van der Waals surface area (Å²) in [5, 5.41) is 8.47. The Kier molecular flexibility index (Phi) is 4.01. The average Bonchev–Trinajstić information content (AvgIpc) is 3.08. The van der Waals surface area contributed by atoms with Crippen LogP contribution in [0.25, 0.3) is 10.9 Å². The maximum Gasteiger partial charge on any atom is 0.160 e. The van der Waals surface area contributed by atoms with Crippen LogP contribution in [-0.4, -0.2) is 34.3 Å². The summed E-state index contributed by atoms with van der Waals surface area (Å²) in [5.41, 5.74) is 4.03. The smallest absolute Gasteiger partial charge is 0.160 e. The molecule has 2 aromatic heterocycles. The highest BCUT2D eigenvalue weighted by Crippen LogP contribution is 2.36. The van der Waals surface area contributed by atoms with E-state index in [4.69, 9.17) is 0 Å². The van der Waals surface area contributed by atoms with E-state index in [1.165, 1.54) is 0 Å². The van der Waals surface area contributed by atoms with E-state index >= 15 is 0 Å². The number of anilines is 4. The molecule has 6 nitrogen and oxygen atoms in total. The third-order valence-electron chi connectivity index (χ3n) is 4.28. The van der Waals surface area contributed by atoms with E-state index < -0.39 is 0 Å². The summed E-state index contributed by atoms with van der Waals surface area (Å²) in [6.07, 6.45) is 1.60. The molecule has 0 aliphatic heterocycles. The van der Waals surface area contributed by atoms with Crippen LogP contribution < -0.4 is 9.80 Å². The lowest BCUT2D eigenvalue weighted by Gasteiger charge is -2.23. The highest BCUT2D eigenvalue weighted by molar-refractivity contribution is 5.94. The van der Waals surface area contributed by atoms with Crippen molar-refractivity contribution in [2.45, 2.75) is 6.92 Å². The molecule has 130 valence electrons. The van der Waals surface area contributed by atoms with E-state index in [2.05, 4.69) is 49.3 Å². The number of rotatable bonds is 4. The minimum absolute atomic E-state index is 0.795. The van der Waals surface area contributed by atoms with Gasteiger partial charge < -0.3 is 4.90 Å². The number of para-hydroxylation sites is 1. The topological polar surface area (TPSA) is 60.9 Å². The van der Waals surface area contributed by atoms with Crippen LogP contribution in [0.2, 0.25) is 0 Å². The first-order valence-electron chi connectivity index (χ1n) is 8.43. The number of aryl methyl sites for hydroxylation is 1. The Balaban J connectivity index is 1.91. The van der Waals surface area contributed by atoms with Crippen LogP contribution >= 0.6 is 0 Å². The predicted molar refractivity (Wildman–Crippen MR) is 105 cm³/mol. The van der Waals surface area contributed by atoms with Crippen molar-refractivity contribution in [3.05, 3.63) is 66.6 Å². The van der Waals surface area contributed by atoms with E-state index in [1.54, 1.807) is 6.33 Å². The van der Waals surface area contributed by atoms with Crippen molar-refractivity contribution < 1.29 is 0 Å². The molecule has 6 heteroatoms. The normalized spacial score (nSPS) is 10.9. The standard InChI is InChI=1S/C20H20N6/c1-14-12-19(24-23-14)26(16-10-8-15(9-11-16)25(2)3)20-17-6-4-5-7-18(17)21-13-22-20/h4-13H,1-3H3,(H,23,24). The fraction of sp³-hybridized carbons (Fsp3) is 0.150. The molecule has 0 saturated heterocycles. The second-order valence-electron chi connectivity index (χ2n) is 6.37. The van der Waals surface area contributed by atoms with Crippen molar-refractivity contribution in [1.29, 1.82) is 0 Å². The molecule has 2 heterocycles. The average molecular weight is 344 g/mol. The zero-order valence-electron chi connectivity index (χ0n) is 15.0. The van der Waals surface area contributed by atoms with Gasteiger partial charge in [-0.3, -0.25) is 10.00 Å². The SMILES string of the molecule is Cc1cc(N(c2ccc(N(C)C)cc2)c2ncnc3ccccc23)n[nH]1. The summed E-state index contributed by atoms with van der Waals surface area (Å²) in [6.45, 7) is 1.99. The van der Waals surface area contributed by atoms with Crippen LogP contribution in [0.5, 0.6) is 0 Å². The van der Waals surface area contributed by atoms with Gasteiger partial charge in [0.05, 0.1) is 5.52 Å². The fourth-order valence-corrected chi connectivity index (χ4v) is 2.95. The minimum atomic E-state index is 0.795. The molecule has 0 bridgehead atoms. The molecular formula is C20H20N6. The monoisotopic (exact) mass is 344 g/mol. The lowest BCUT2D eigenvalue weighted by Crippen LogP contribution is -2.14. The zero-order valence-corrected chi connectivity index (χ0v) is 15.0. The van der Waals surface area contributed by atoms with E-state index in [-0.39, 0.29) is 0 Å². The zero-order chi connectivity index (χ0) is 18.1. The van der Waals surface area contributed by atoms with Crippen LogP contribution in [0.15, 0.2) is 60.9 Å². The van der Waals surface area contributed by atoms with Gasteiger partial charge in [-0.05, 0) is 43.3 Å². The third kappa shape index (κ3) is 2.86. The first-order chi connectivity index (χ1) is 12.6. The van der Waals surface area contributed by atoms with Crippen molar-refractivity contribution in [3.8, 4) is 0 Å². The molecule has 0 aliphatic carbocycles.